The molecule has 1 aliphatic rings. The quantitative estimate of drug-likeness (QED) is 0.836. The van der Waals surface area contributed by atoms with Gasteiger partial charge in [-0.2, -0.15) is 0 Å². The zero-order valence-electron chi connectivity index (χ0n) is 10.6. The predicted molar refractivity (Wildman–Crippen MR) is 72.3 cm³/mol. The molecule has 5 heteroatoms. The number of aryl methyl sites for hydroxylation is 2. The lowest BCUT2D eigenvalue weighted by Crippen LogP contribution is -2.36. The summed E-state index contributed by atoms with van der Waals surface area (Å²) >= 11 is 1.69. The molecule has 0 atom stereocenters. The van der Waals surface area contributed by atoms with Crippen LogP contribution >= 0.6 is 11.3 Å². The molecule has 0 saturated carbocycles. The first-order chi connectivity index (χ1) is 8.74. The molecule has 3 heterocycles. The van der Waals surface area contributed by atoms with Crippen LogP contribution in [0.3, 0.4) is 0 Å². The number of nitrogens with zero attached hydrogens (tertiary/aromatic N) is 2. The van der Waals surface area contributed by atoms with E-state index in [1.165, 1.54) is 0 Å². The molecule has 3 rings (SSSR count). The summed E-state index contributed by atoms with van der Waals surface area (Å²) in [5, 5.41) is 3.17. The number of furan rings is 1. The lowest BCUT2D eigenvalue weighted by molar-refractivity contribution is 0.122. The minimum absolute atomic E-state index is 0.790. The first-order valence-electron chi connectivity index (χ1n) is 6.09. The van der Waals surface area contributed by atoms with Crippen molar-refractivity contribution in [3.05, 3.63) is 23.0 Å². The lowest BCUT2D eigenvalue weighted by atomic mass is 10.2. The Balaban J connectivity index is 1.86. The molecule has 18 heavy (non-hydrogen) atoms. The lowest BCUT2D eigenvalue weighted by Gasteiger charge is -2.25. The topological polar surface area (TPSA) is 38.5 Å². The van der Waals surface area contributed by atoms with Crippen molar-refractivity contribution in [2.24, 2.45) is 0 Å². The molecular formula is C13H16N2O2S. The summed E-state index contributed by atoms with van der Waals surface area (Å²) in [6, 6.07) is 2.05. The highest BCUT2D eigenvalue weighted by Gasteiger charge is 2.16. The smallest absolute Gasteiger partial charge is 0.186 e. The second-order valence-electron chi connectivity index (χ2n) is 4.44. The first kappa shape index (κ1) is 11.7. The Morgan fingerprint density at radius 2 is 2.06 bits per heavy atom. The Hall–Kier alpha value is -1.33. The molecule has 4 nitrogen and oxygen atoms in total. The van der Waals surface area contributed by atoms with E-state index < -0.39 is 0 Å². The zero-order chi connectivity index (χ0) is 12.5. The maximum atomic E-state index is 5.55. The molecule has 0 aliphatic carbocycles. The van der Waals surface area contributed by atoms with Gasteiger partial charge >= 0.3 is 0 Å². The third-order valence-electron chi connectivity index (χ3n) is 3.09. The summed E-state index contributed by atoms with van der Waals surface area (Å²) in [7, 11) is 0. The molecule has 0 aromatic carbocycles. The molecule has 2 aromatic heterocycles. The van der Waals surface area contributed by atoms with Gasteiger partial charge in [-0.1, -0.05) is 0 Å². The van der Waals surface area contributed by atoms with Gasteiger partial charge < -0.3 is 14.1 Å². The first-order valence-corrected chi connectivity index (χ1v) is 6.97. The summed E-state index contributed by atoms with van der Waals surface area (Å²) in [6.45, 7) is 7.38. The van der Waals surface area contributed by atoms with Crippen LogP contribution in [0.2, 0.25) is 0 Å². The Morgan fingerprint density at radius 3 is 2.72 bits per heavy atom. The normalized spacial score (nSPS) is 16.2. The van der Waals surface area contributed by atoms with Crippen molar-refractivity contribution in [1.29, 1.82) is 0 Å². The Labute approximate surface area is 110 Å². The van der Waals surface area contributed by atoms with Gasteiger partial charge in [-0.3, -0.25) is 0 Å². The van der Waals surface area contributed by atoms with Gasteiger partial charge in [0.2, 0.25) is 0 Å². The minimum Gasteiger partial charge on any atom is -0.466 e. The van der Waals surface area contributed by atoms with Crippen LogP contribution in [0.25, 0.3) is 11.3 Å². The Kier molecular flexibility index (Phi) is 3.09. The molecule has 0 bridgehead atoms. The van der Waals surface area contributed by atoms with Gasteiger partial charge in [0.1, 0.15) is 11.5 Å². The van der Waals surface area contributed by atoms with E-state index in [-0.39, 0.29) is 0 Å². The van der Waals surface area contributed by atoms with Crippen LogP contribution in [-0.4, -0.2) is 31.3 Å². The van der Waals surface area contributed by atoms with E-state index >= 15 is 0 Å². The molecule has 0 spiro atoms. The van der Waals surface area contributed by atoms with Crippen molar-refractivity contribution in [1.82, 2.24) is 4.98 Å². The number of ether oxygens (including phenoxy) is 1. The van der Waals surface area contributed by atoms with Crippen LogP contribution in [-0.2, 0) is 4.74 Å². The van der Waals surface area contributed by atoms with Gasteiger partial charge in [-0.25, -0.2) is 4.98 Å². The van der Waals surface area contributed by atoms with E-state index in [1.807, 2.05) is 19.9 Å². The van der Waals surface area contributed by atoms with Crippen molar-refractivity contribution in [2.45, 2.75) is 13.8 Å². The number of rotatable bonds is 2. The molecule has 0 amide bonds. The van der Waals surface area contributed by atoms with E-state index in [0.717, 1.165) is 54.2 Å². The summed E-state index contributed by atoms with van der Waals surface area (Å²) in [6.07, 6.45) is 0. The highest BCUT2D eigenvalue weighted by molar-refractivity contribution is 7.14. The standard InChI is InChI=1S/C13H16N2O2S/c1-9-7-11(10(2)17-9)12-8-18-13(14-12)15-3-5-16-6-4-15/h7-8H,3-6H2,1-2H3. The molecule has 0 radical (unpaired) electrons. The van der Waals surface area contributed by atoms with Gasteiger partial charge in [0.25, 0.3) is 0 Å². The molecular weight excluding hydrogens is 248 g/mol. The number of thiazole rings is 1. The average Bonchev–Trinajstić information content (AvgIpc) is 2.97. The summed E-state index contributed by atoms with van der Waals surface area (Å²) in [5.74, 6) is 1.87. The SMILES string of the molecule is Cc1cc(-c2csc(N3CCOCC3)n2)c(C)o1. The Bertz CT molecular complexity index is 541. The fraction of sp³-hybridized carbons (Fsp3) is 0.462. The van der Waals surface area contributed by atoms with Crippen molar-refractivity contribution >= 4 is 16.5 Å². The fourth-order valence-electron chi connectivity index (χ4n) is 2.17. The van der Waals surface area contributed by atoms with Crippen molar-refractivity contribution < 1.29 is 9.15 Å². The highest BCUT2D eigenvalue weighted by Crippen LogP contribution is 2.31. The predicted octanol–water partition coefficient (Wildman–Crippen LogP) is 2.86. The van der Waals surface area contributed by atoms with E-state index in [9.17, 15) is 0 Å². The van der Waals surface area contributed by atoms with Crippen molar-refractivity contribution in [3.8, 4) is 11.3 Å². The minimum atomic E-state index is 0.790. The number of morpholine rings is 1. The van der Waals surface area contributed by atoms with Crippen LogP contribution in [0.15, 0.2) is 15.9 Å². The second kappa shape index (κ2) is 4.74. The Morgan fingerprint density at radius 1 is 1.28 bits per heavy atom. The number of hydrogen-bond acceptors (Lipinski definition) is 5. The third kappa shape index (κ3) is 2.15. The molecule has 0 unspecified atom stereocenters. The summed E-state index contributed by atoms with van der Waals surface area (Å²) in [4.78, 5) is 6.98. The van der Waals surface area contributed by atoms with Gasteiger partial charge in [0.05, 0.1) is 18.9 Å². The van der Waals surface area contributed by atoms with Crippen LogP contribution in [0.4, 0.5) is 5.13 Å². The van der Waals surface area contributed by atoms with Gasteiger partial charge in [0, 0.05) is 24.0 Å². The summed E-state index contributed by atoms with van der Waals surface area (Å²) < 4.78 is 10.9. The number of anilines is 1. The van der Waals surface area contributed by atoms with E-state index in [0.29, 0.717) is 0 Å². The highest BCUT2D eigenvalue weighted by atomic mass is 32.1. The fourth-order valence-corrected chi connectivity index (χ4v) is 3.05. The maximum Gasteiger partial charge on any atom is 0.186 e. The monoisotopic (exact) mass is 264 g/mol. The second-order valence-corrected chi connectivity index (χ2v) is 5.28. The molecule has 1 saturated heterocycles. The van der Waals surface area contributed by atoms with Crippen LogP contribution in [0, 0.1) is 13.8 Å². The molecule has 96 valence electrons. The summed E-state index contributed by atoms with van der Waals surface area (Å²) in [5.41, 5.74) is 2.11. The molecule has 1 fully saturated rings. The van der Waals surface area contributed by atoms with E-state index in [2.05, 4.69) is 10.3 Å². The van der Waals surface area contributed by atoms with Crippen molar-refractivity contribution in [2.75, 3.05) is 31.2 Å². The molecule has 2 aromatic rings. The largest absolute Gasteiger partial charge is 0.466 e. The molecule has 0 N–H and O–H groups in total. The molecule has 1 aliphatic heterocycles. The third-order valence-corrected chi connectivity index (χ3v) is 3.99. The van der Waals surface area contributed by atoms with Crippen LogP contribution in [0.1, 0.15) is 11.5 Å². The van der Waals surface area contributed by atoms with Gasteiger partial charge in [0.15, 0.2) is 5.13 Å². The number of aromatic nitrogens is 1. The van der Waals surface area contributed by atoms with Crippen LogP contribution in [0.5, 0.6) is 0 Å². The maximum absolute atomic E-state index is 5.55. The number of hydrogen-bond donors (Lipinski definition) is 0. The van der Waals surface area contributed by atoms with E-state index in [1.54, 1.807) is 11.3 Å². The zero-order valence-corrected chi connectivity index (χ0v) is 11.4. The van der Waals surface area contributed by atoms with E-state index in [4.69, 9.17) is 14.1 Å². The van der Waals surface area contributed by atoms with Crippen LogP contribution < -0.4 is 4.90 Å². The average molecular weight is 264 g/mol. The van der Waals surface area contributed by atoms with Crippen molar-refractivity contribution in [3.63, 3.8) is 0 Å². The van der Waals surface area contributed by atoms with Gasteiger partial charge in [-0.05, 0) is 19.9 Å². The van der Waals surface area contributed by atoms with Gasteiger partial charge in [-0.15, -0.1) is 11.3 Å².